The maximum Gasteiger partial charge on any atom is 0.255 e. The zero-order valence-electron chi connectivity index (χ0n) is 14.3. The molecule has 0 spiro atoms. The summed E-state index contributed by atoms with van der Waals surface area (Å²) in [6.07, 6.45) is 0. The number of nitrogens with zero attached hydrogens (tertiary/aromatic N) is 1. The second-order valence-electron chi connectivity index (χ2n) is 6.07. The Bertz CT molecular complexity index is 1170. The van der Waals surface area contributed by atoms with Crippen molar-refractivity contribution >= 4 is 45.9 Å². The lowest BCUT2D eigenvalue weighted by atomic mass is 10.1. The number of anilines is 1. The molecule has 1 heterocycles. The number of carbonyl (C=O) groups is 1. The minimum Gasteiger partial charge on any atom is -0.436 e. The van der Waals surface area contributed by atoms with E-state index in [1.165, 1.54) is 0 Å². The average molecular weight is 397 g/mol. The third-order valence-electron chi connectivity index (χ3n) is 4.22. The van der Waals surface area contributed by atoms with Crippen LogP contribution in [0.1, 0.15) is 15.9 Å². The number of hydrogen-bond donors (Lipinski definition) is 1. The first-order chi connectivity index (χ1) is 13.0. The largest absolute Gasteiger partial charge is 0.436 e. The van der Waals surface area contributed by atoms with Gasteiger partial charge in [-0.3, -0.25) is 4.79 Å². The van der Waals surface area contributed by atoms with Gasteiger partial charge < -0.3 is 9.73 Å². The van der Waals surface area contributed by atoms with Crippen molar-refractivity contribution in [3.05, 3.63) is 81.8 Å². The third-order valence-corrected chi connectivity index (χ3v) is 5.04. The van der Waals surface area contributed by atoms with Gasteiger partial charge in [0.15, 0.2) is 5.58 Å². The van der Waals surface area contributed by atoms with Gasteiger partial charge in [0.1, 0.15) is 5.52 Å². The van der Waals surface area contributed by atoms with Crippen LogP contribution < -0.4 is 5.32 Å². The van der Waals surface area contributed by atoms with Crippen LogP contribution in [-0.4, -0.2) is 10.9 Å². The number of fused-ring (bicyclic) bond motifs is 1. The van der Waals surface area contributed by atoms with E-state index in [2.05, 4.69) is 10.3 Å². The Labute approximate surface area is 165 Å². The summed E-state index contributed by atoms with van der Waals surface area (Å²) in [7, 11) is 0. The molecule has 1 amide bonds. The Morgan fingerprint density at radius 2 is 1.85 bits per heavy atom. The number of aryl methyl sites for hydroxylation is 1. The number of aromatic nitrogens is 1. The van der Waals surface area contributed by atoms with Crippen LogP contribution in [0.3, 0.4) is 0 Å². The fourth-order valence-corrected chi connectivity index (χ4v) is 3.20. The van der Waals surface area contributed by atoms with Crippen molar-refractivity contribution in [2.45, 2.75) is 6.92 Å². The topological polar surface area (TPSA) is 55.1 Å². The molecule has 0 bridgehead atoms. The minimum absolute atomic E-state index is 0.172. The Morgan fingerprint density at radius 1 is 1.04 bits per heavy atom. The molecular weight excluding hydrogens is 383 g/mol. The molecule has 27 heavy (non-hydrogen) atoms. The number of rotatable bonds is 3. The first kappa shape index (κ1) is 17.6. The van der Waals surface area contributed by atoms with E-state index in [0.29, 0.717) is 43.9 Å². The number of carbonyl (C=O) groups excluding carboxylic acids is 1. The molecule has 0 fully saturated rings. The quantitative estimate of drug-likeness (QED) is 0.438. The molecule has 0 atom stereocenters. The van der Waals surface area contributed by atoms with E-state index in [9.17, 15) is 4.79 Å². The summed E-state index contributed by atoms with van der Waals surface area (Å²) in [6.45, 7) is 1.90. The molecule has 4 aromatic rings. The summed E-state index contributed by atoms with van der Waals surface area (Å²) in [5, 5.41) is 3.71. The van der Waals surface area contributed by atoms with Crippen LogP contribution in [0.4, 0.5) is 5.69 Å². The van der Waals surface area contributed by atoms with Gasteiger partial charge in [0.25, 0.3) is 5.91 Å². The molecule has 6 heteroatoms. The molecule has 3 aromatic carbocycles. The molecule has 0 aliphatic heterocycles. The lowest BCUT2D eigenvalue weighted by Gasteiger charge is -2.07. The molecular formula is C21H14Cl2N2O2. The zero-order valence-corrected chi connectivity index (χ0v) is 15.8. The summed E-state index contributed by atoms with van der Waals surface area (Å²) < 4.78 is 5.79. The molecule has 0 saturated heterocycles. The fraction of sp³-hybridized carbons (Fsp3) is 0.0476. The van der Waals surface area contributed by atoms with Gasteiger partial charge in [0.2, 0.25) is 5.89 Å². The van der Waals surface area contributed by atoms with Gasteiger partial charge in [-0.2, -0.15) is 0 Å². The van der Waals surface area contributed by atoms with Crippen LogP contribution in [0.25, 0.3) is 22.6 Å². The van der Waals surface area contributed by atoms with Gasteiger partial charge in [0.05, 0.1) is 15.6 Å². The number of oxazole rings is 1. The molecule has 0 unspecified atom stereocenters. The number of hydrogen-bond acceptors (Lipinski definition) is 3. The summed E-state index contributed by atoms with van der Waals surface area (Å²) in [5.74, 6) is 0.203. The lowest BCUT2D eigenvalue weighted by molar-refractivity contribution is 0.102. The van der Waals surface area contributed by atoms with E-state index < -0.39 is 0 Å². The predicted molar refractivity (Wildman–Crippen MR) is 109 cm³/mol. The second kappa shape index (κ2) is 7.06. The maximum atomic E-state index is 12.5. The van der Waals surface area contributed by atoms with Crippen molar-refractivity contribution in [3.8, 4) is 11.5 Å². The number of benzene rings is 3. The van der Waals surface area contributed by atoms with Gasteiger partial charge in [-0.15, -0.1) is 0 Å². The van der Waals surface area contributed by atoms with Gasteiger partial charge in [0, 0.05) is 11.3 Å². The lowest BCUT2D eigenvalue weighted by Crippen LogP contribution is -2.13. The van der Waals surface area contributed by atoms with E-state index in [0.717, 1.165) is 5.56 Å². The average Bonchev–Trinajstić information content (AvgIpc) is 3.07. The van der Waals surface area contributed by atoms with Gasteiger partial charge >= 0.3 is 0 Å². The highest BCUT2D eigenvalue weighted by molar-refractivity contribution is 6.43. The molecule has 0 saturated carbocycles. The molecule has 134 valence electrons. The van der Waals surface area contributed by atoms with E-state index >= 15 is 0 Å². The highest BCUT2D eigenvalue weighted by atomic mass is 35.5. The highest BCUT2D eigenvalue weighted by Crippen LogP contribution is 2.34. The van der Waals surface area contributed by atoms with Crippen LogP contribution in [0.2, 0.25) is 10.0 Å². The number of halogens is 2. The van der Waals surface area contributed by atoms with Gasteiger partial charge in [-0.25, -0.2) is 4.98 Å². The van der Waals surface area contributed by atoms with Crippen molar-refractivity contribution < 1.29 is 9.21 Å². The Kier molecular flexibility index (Phi) is 4.60. The standard InChI is InChI=1S/C21H14Cl2N2O2/c1-12-5-2-3-6-14(12)20(26)24-13-9-10-18-17(11-13)25-21(27-18)15-7-4-8-16(22)19(15)23/h2-11H,1H3,(H,24,26). The Balaban J connectivity index is 1.66. The third kappa shape index (κ3) is 3.42. The molecule has 4 rings (SSSR count). The molecule has 4 nitrogen and oxygen atoms in total. The molecule has 0 radical (unpaired) electrons. The second-order valence-corrected chi connectivity index (χ2v) is 6.86. The van der Waals surface area contributed by atoms with Crippen molar-refractivity contribution in [1.29, 1.82) is 0 Å². The molecule has 0 aliphatic rings. The molecule has 1 aromatic heterocycles. The SMILES string of the molecule is Cc1ccccc1C(=O)Nc1ccc2oc(-c3cccc(Cl)c3Cl)nc2c1. The number of amides is 1. The van der Waals surface area contributed by atoms with Crippen LogP contribution >= 0.6 is 23.2 Å². The molecule has 0 aliphatic carbocycles. The Morgan fingerprint density at radius 3 is 2.67 bits per heavy atom. The minimum atomic E-state index is -0.172. The van der Waals surface area contributed by atoms with E-state index in [-0.39, 0.29) is 5.91 Å². The zero-order chi connectivity index (χ0) is 19.0. The summed E-state index contributed by atoms with van der Waals surface area (Å²) >= 11 is 12.3. The summed E-state index contributed by atoms with van der Waals surface area (Å²) in [4.78, 5) is 17.0. The van der Waals surface area contributed by atoms with Gasteiger partial charge in [-0.1, -0.05) is 47.5 Å². The monoisotopic (exact) mass is 396 g/mol. The van der Waals surface area contributed by atoms with E-state index in [4.69, 9.17) is 27.6 Å². The van der Waals surface area contributed by atoms with Crippen LogP contribution in [-0.2, 0) is 0 Å². The van der Waals surface area contributed by atoms with Crippen molar-refractivity contribution in [2.75, 3.05) is 5.32 Å². The number of nitrogens with one attached hydrogen (secondary N) is 1. The summed E-state index contributed by atoms with van der Waals surface area (Å²) in [5.41, 5.74) is 4.00. The first-order valence-electron chi connectivity index (χ1n) is 8.25. The molecule has 1 N–H and O–H groups in total. The highest BCUT2D eigenvalue weighted by Gasteiger charge is 2.15. The summed E-state index contributed by atoms with van der Waals surface area (Å²) in [6, 6.07) is 18.0. The smallest absolute Gasteiger partial charge is 0.255 e. The van der Waals surface area contributed by atoms with Crippen molar-refractivity contribution in [2.24, 2.45) is 0 Å². The maximum absolute atomic E-state index is 12.5. The van der Waals surface area contributed by atoms with Crippen molar-refractivity contribution in [1.82, 2.24) is 4.98 Å². The van der Waals surface area contributed by atoms with Gasteiger partial charge in [-0.05, 0) is 48.9 Å². The van der Waals surface area contributed by atoms with Crippen LogP contribution in [0.5, 0.6) is 0 Å². The van der Waals surface area contributed by atoms with Crippen LogP contribution in [0.15, 0.2) is 65.1 Å². The van der Waals surface area contributed by atoms with Crippen LogP contribution in [0, 0.1) is 6.92 Å². The van der Waals surface area contributed by atoms with E-state index in [1.54, 1.807) is 42.5 Å². The first-order valence-corrected chi connectivity index (χ1v) is 9.00. The Hall–Kier alpha value is -2.82. The predicted octanol–water partition coefficient (Wildman–Crippen LogP) is 6.36. The van der Waals surface area contributed by atoms with Crippen molar-refractivity contribution in [3.63, 3.8) is 0 Å². The van der Waals surface area contributed by atoms with E-state index in [1.807, 2.05) is 25.1 Å². The normalized spacial score (nSPS) is 10.9. The fourth-order valence-electron chi connectivity index (χ4n) is 2.82.